The summed E-state index contributed by atoms with van der Waals surface area (Å²) in [4.78, 5) is 24.0. The molecule has 31 heavy (non-hydrogen) atoms. The van der Waals surface area contributed by atoms with Crippen molar-refractivity contribution in [1.29, 1.82) is 0 Å². The highest BCUT2D eigenvalue weighted by atomic mass is 79.9. The van der Waals surface area contributed by atoms with Crippen LogP contribution < -0.4 is 20.2 Å². The Balaban J connectivity index is 1.87. The quantitative estimate of drug-likeness (QED) is 0.350. The molecular weight excluding hydrogens is 462 g/mol. The van der Waals surface area contributed by atoms with E-state index in [1.165, 1.54) is 6.21 Å². The van der Waals surface area contributed by atoms with Crippen LogP contribution in [0.1, 0.15) is 44.2 Å². The van der Waals surface area contributed by atoms with Crippen molar-refractivity contribution in [3.63, 3.8) is 0 Å². The van der Waals surface area contributed by atoms with Crippen molar-refractivity contribution < 1.29 is 19.1 Å². The second kappa shape index (κ2) is 12.7. The monoisotopic (exact) mass is 489 g/mol. The molecule has 166 valence electrons. The summed E-state index contributed by atoms with van der Waals surface area (Å²) in [5.74, 6) is 0.675. The van der Waals surface area contributed by atoms with E-state index in [9.17, 15) is 9.59 Å². The standard InChI is InChI=1S/C23H28BrN3O4/c1-4-12-31-23-19(24)13-17(14-20(23)30-5-2)15-25-27-22(29)11-10-21(28)26-18-8-6-16(3)7-9-18/h6-9,13-15H,4-5,10-12H2,1-3H3,(H,26,28)(H,27,29). The summed E-state index contributed by atoms with van der Waals surface area (Å²) in [6.07, 6.45) is 2.50. The van der Waals surface area contributed by atoms with E-state index in [-0.39, 0.29) is 24.7 Å². The van der Waals surface area contributed by atoms with Gasteiger partial charge >= 0.3 is 0 Å². The molecule has 8 heteroatoms. The first-order chi connectivity index (χ1) is 14.9. The molecule has 0 aliphatic carbocycles. The number of hydrazone groups is 1. The predicted molar refractivity (Wildman–Crippen MR) is 126 cm³/mol. The summed E-state index contributed by atoms with van der Waals surface area (Å²) >= 11 is 3.49. The van der Waals surface area contributed by atoms with Crippen molar-refractivity contribution in [2.75, 3.05) is 18.5 Å². The largest absolute Gasteiger partial charge is 0.490 e. The highest BCUT2D eigenvalue weighted by Crippen LogP contribution is 2.36. The van der Waals surface area contributed by atoms with Crippen LogP contribution in [0.4, 0.5) is 5.69 Å². The SMILES string of the molecule is CCCOc1c(Br)cc(C=NNC(=O)CCC(=O)Nc2ccc(C)cc2)cc1OCC. The number of nitrogens with zero attached hydrogens (tertiary/aromatic N) is 1. The van der Waals surface area contributed by atoms with Gasteiger partial charge in [0.05, 0.1) is 23.9 Å². The molecule has 0 aliphatic rings. The fourth-order valence-electron chi connectivity index (χ4n) is 2.59. The van der Waals surface area contributed by atoms with Crippen molar-refractivity contribution in [3.8, 4) is 11.5 Å². The zero-order valence-electron chi connectivity index (χ0n) is 18.0. The van der Waals surface area contributed by atoms with Crippen LogP contribution in [0.5, 0.6) is 11.5 Å². The Morgan fingerprint density at radius 2 is 1.77 bits per heavy atom. The Kier molecular flexibility index (Phi) is 10.0. The minimum atomic E-state index is -0.345. The fraction of sp³-hybridized carbons (Fsp3) is 0.348. The smallest absolute Gasteiger partial charge is 0.240 e. The summed E-state index contributed by atoms with van der Waals surface area (Å²) in [6.45, 7) is 6.98. The maximum atomic E-state index is 12.0. The Morgan fingerprint density at radius 1 is 1.06 bits per heavy atom. The fourth-order valence-corrected chi connectivity index (χ4v) is 3.17. The van der Waals surface area contributed by atoms with Gasteiger partial charge in [-0.1, -0.05) is 24.6 Å². The number of nitrogens with one attached hydrogen (secondary N) is 2. The summed E-state index contributed by atoms with van der Waals surface area (Å²) < 4.78 is 12.1. The van der Waals surface area contributed by atoms with E-state index >= 15 is 0 Å². The lowest BCUT2D eigenvalue weighted by molar-refractivity contribution is -0.124. The molecule has 0 saturated carbocycles. The molecule has 7 nitrogen and oxygen atoms in total. The van der Waals surface area contributed by atoms with E-state index in [1.807, 2.05) is 51.1 Å². The number of hydrogen-bond donors (Lipinski definition) is 2. The van der Waals surface area contributed by atoms with Crippen molar-refractivity contribution in [2.45, 2.75) is 40.0 Å². The van der Waals surface area contributed by atoms with Crippen LogP contribution >= 0.6 is 15.9 Å². The van der Waals surface area contributed by atoms with Gasteiger partial charge in [0.25, 0.3) is 0 Å². The van der Waals surface area contributed by atoms with Crippen LogP contribution in [-0.4, -0.2) is 31.2 Å². The molecular formula is C23H28BrN3O4. The van der Waals surface area contributed by atoms with Crippen LogP contribution in [-0.2, 0) is 9.59 Å². The number of aryl methyl sites for hydroxylation is 1. The third kappa shape index (κ3) is 8.41. The third-order valence-corrected chi connectivity index (χ3v) is 4.69. The first-order valence-corrected chi connectivity index (χ1v) is 11.0. The van der Waals surface area contributed by atoms with Gasteiger partial charge in [-0.25, -0.2) is 5.43 Å². The number of benzene rings is 2. The van der Waals surface area contributed by atoms with E-state index in [1.54, 1.807) is 6.07 Å². The van der Waals surface area contributed by atoms with Crippen LogP contribution in [0, 0.1) is 6.92 Å². The molecule has 2 aromatic rings. The van der Waals surface area contributed by atoms with Crippen LogP contribution in [0.15, 0.2) is 46.0 Å². The van der Waals surface area contributed by atoms with Crippen LogP contribution in [0.3, 0.4) is 0 Å². The Bertz CT molecular complexity index is 914. The summed E-state index contributed by atoms with van der Waals surface area (Å²) in [5, 5.41) is 6.74. The molecule has 2 aromatic carbocycles. The lowest BCUT2D eigenvalue weighted by Gasteiger charge is -2.14. The van der Waals surface area contributed by atoms with E-state index in [4.69, 9.17) is 9.47 Å². The van der Waals surface area contributed by atoms with Gasteiger partial charge in [0.15, 0.2) is 11.5 Å². The van der Waals surface area contributed by atoms with Gasteiger partial charge in [0, 0.05) is 18.5 Å². The van der Waals surface area contributed by atoms with Gasteiger partial charge in [0.2, 0.25) is 11.8 Å². The molecule has 0 aliphatic heterocycles. The molecule has 0 atom stereocenters. The van der Waals surface area contributed by atoms with Gasteiger partial charge < -0.3 is 14.8 Å². The molecule has 0 radical (unpaired) electrons. The number of halogens is 1. The second-order valence-electron chi connectivity index (χ2n) is 6.82. The van der Waals surface area contributed by atoms with E-state index in [0.29, 0.717) is 30.4 Å². The number of anilines is 1. The molecule has 2 rings (SSSR count). The summed E-state index contributed by atoms with van der Waals surface area (Å²) in [5.41, 5.74) is 4.99. The molecule has 0 saturated heterocycles. The maximum absolute atomic E-state index is 12.0. The Labute approximate surface area is 191 Å². The average molecular weight is 490 g/mol. The van der Waals surface area contributed by atoms with E-state index < -0.39 is 0 Å². The minimum absolute atomic E-state index is 0.0344. The van der Waals surface area contributed by atoms with Crippen molar-refractivity contribution in [2.24, 2.45) is 5.10 Å². The highest BCUT2D eigenvalue weighted by molar-refractivity contribution is 9.10. The van der Waals surface area contributed by atoms with Crippen LogP contribution in [0.25, 0.3) is 0 Å². The Hall–Kier alpha value is -2.87. The number of amides is 2. The molecule has 0 aromatic heterocycles. The van der Waals surface area contributed by atoms with Gasteiger partial charge in [-0.15, -0.1) is 0 Å². The van der Waals surface area contributed by atoms with E-state index in [2.05, 4.69) is 31.8 Å². The summed E-state index contributed by atoms with van der Waals surface area (Å²) in [6, 6.07) is 11.1. The number of ether oxygens (including phenoxy) is 2. The molecule has 2 amide bonds. The van der Waals surface area contributed by atoms with Crippen molar-refractivity contribution >= 4 is 39.6 Å². The number of rotatable bonds is 11. The predicted octanol–water partition coefficient (Wildman–Crippen LogP) is 4.81. The Morgan fingerprint density at radius 3 is 2.45 bits per heavy atom. The van der Waals surface area contributed by atoms with E-state index in [0.717, 1.165) is 22.0 Å². The second-order valence-corrected chi connectivity index (χ2v) is 7.67. The zero-order chi connectivity index (χ0) is 22.6. The first-order valence-electron chi connectivity index (χ1n) is 10.2. The topological polar surface area (TPSA) is 89.0 Å². The summed E-state index contributed by atoms with van der Waals surface area (Å²) in [7, 11) is 0. The molecule has 0 heterocycles. The maximum Gasteiger partial charge on any atom is 0.240 e. The van der Waals surface area contributed by atoms with Crippen molar-refractivity contribution in [3.05, 3.63) is 52.0 Å². The zero-order valence-corrected chi connectivity index (χ0v) is 19.6. The normalized spacial score (nSPS) is 10.7. The van der Waals surface area contributed by atoms with Gasteiger partial charge in [-0.05, 0) is 66.0 Å². The van der Waals surface area contributed by atoms with Gasteiger partial charge in [-0.3, -0.25) is 9.59 Å². The lowest BCUT2D eigenvalue weighted by atomic mass is 10.2. The van der Waals surface area contributed by atoms with Crippen LogP contribution in [0.2, 0.25) is 0 Å². The number of carbonyl (C=O) groups is 2. The first kappa shape index (κ1) is 24.4. The highest BCUT2D eigenvalue weighted by Gasteiger charge is 2.12. The van der Waals surface area contributed by atoms with Gasteiger partial charge in [0.1, 0.15) is 0 Å². The number of carbonyl (C=O) groups excluding carboxylic acids is 2. The third-order valence-electron chi connectivity index (χ3n) is 4.10. The van der Waals surface area contributed by atoms with Crippen molar-refractivity contribution in [1.82, 2.24) is 5.43 Å². The molecule has 2 N–H and O–H groups in total. The molecule has 0 bridgehead atoms. The average Bonchev–Trinajstić information content (AvgIpc) is 2.74. The minimum Gasteiger partial charge on any atom is -0.490 e. The number of hydrogen-bond acceptors (Lipinski definition) is 5. The van der Waals surface area contributed by atoms with Gasteiger partial charge in [-0.2, -0.15) is 5.10 Å². The molecule has 0 unspecified atom stereocenters. The molecule has 0 spiro atoms. The molecule has 0 fully saturated rings. The lowest BCUT2D eigenvalue weighted by Crippen LogP contribution is -2.20.